The van der Waals surface area contributed by atoms with Crippen molar-refractivity contribution in [2.24, 2.45) is 0 Å². The Labute approximate surface area is 75.2 Å². The fraction of sp³-hybridized carbons (Fsp3) is 0. The Balaban J connectivity index is 2.46. The predicted octanol–water partition coefficient (Wildman–Crippen LogP) is 2.40. The van der Waals surface area contributed by atoms with Crippen molar-refractivity contribution in [1.29, 1.82) is 0 Å². The number of hydrogen-bond acceptors (Lipinski definition) is 1. The normalized spacial score (nSPS) is 10.2. The van der Waals surface area contributed by atoms with Crippen LogP contribution in [-0.4, -0.2) is 4.98 Å². The summed E-state index contributed by atoms with van der Waals surface area (Å²) < 4.78 is 12.8. The van der Waals surface area contributed by atoms with E-state index in [0.29, 0.717) is 5.82 Å². The lowest BCUT2D eigenvalue weighted by molar-refractivity contribution is 0.628. The van der Waals surface area contributed by atoms with E-state index in [9.17, 15) is 4.39 Å². The molecule has 2 aromatic rings. The van der Waals surface area contributed by atoms with E-state index in [2.05, 4.69) is 4.98 Å². The Morgan fingerprint density at radius 2 is 2.00 bits per heavy atom. The molecule has 1 aromatic heterocycles. The lowest BCUT2D eigenvalue weighted by atomic mass is 10.1. The first kappa shape index (κ1) is 7.86. The van der Waals surface area contributed by atoms with Gasteiger partial charge in [-0.3, -0.25) is 0 Å². The van der Waals surface area contributed by atoms with Gasteiger partial charge in [0.25, 0.3) is 0 Å². The van der Waals surface area contributed by atoms with Crippen molar-refractivity contribution in [3.63, 3.8) is 0 Å². The van der Waals surface area contributed by atoms with Gasteiger partial charge in [-0.05, 0) is 24.3 Å². The average Bonchev–Trinajstić information content (AvgIpc) is 2.52. The van der Waals surface area contributed by atoms with Crippen molar-refractivity contribution in [3.8, 4) is 11.3 Å². The molecule has 2 rings (SSSR count). The molecule has 13 heavy (non-hydrogen) atoms. The number of rotatable bonds is 1. The molecule has 0 amide bonds. The van der Waals surface area contributed by atoms with Crippen molar-refractivity contribution in [1.82, 2.24) is 4.98 Å². The molecule has 1 aromatic carbocycles. The van der Waals surface area contributed by atoms with Gasteiger partial charge in [0.15, 0.2) is 0 Å². The minimum absolute atomic E-state index is 0.245. The smallest absolute Gasteiger partial charge is 0.123 e. The molecule has 0 radical (unpaired) electrons. The maximum absolute atomic E-state index is 12.8. The molecule has 0 saturated heterocycles. The monoisotopic (exact) mass is 176 g/mol. The SMILES string of the molecule is Nc1ccc(-c2cccc(F)c2)[nH]1. The summed E-state index contributed by atoms with van der Waals surface area (Å²) in [6, 6.07) is 9.95. The Hall–Kier alpha value is -1.77. The number of nitrogen functional groups attached to an aromatic ring is 1. The van der Waals surface area contributed by atoms with E-state index in [0.717, 1.165) is 11.3 Å². The summed E-state index contributed by atoms with van der Waals surface area (Å²) in [7, 11) is 0. The number of anilines is 1. The van der Waals surface area contributed by atoms with Crippen LogP contribution >= 0.6 is 0 Å². The zero-order chi connectivity index (χ0) is 9.26. The largest absolute Gasteiger partial charge is 0.385 e. The molecule has 0 unspecified atom stereocenters. The first-order chi connectivity index (χ1) is 6.25. The number of hydrogen-bond donors (Lipinski definition) is 2. The van der Waals surface area contributed by atoms with Gasteiger partial charge in [0.1, 0.15) is 11.6 Å². The zero-order valence-electron chi connectivity index (χ0n) is 6.92. The van der Waals surface area contributed by atoms with Crippen molar-refractivity contribution < 1.29 is 4.39 Å². The van der Waals surface area contributed by atoms with Crippen molar-refractivity contribution in [3.05, 3.63) is 42.2 Å². The van der Waals surface area contributed by atoms with Crippen molar-refractivity contribution in [2.75, 3.05) is 5.73 Å². The molecule has 0 fully saturated rings. The third-order valence-corrected chi connectivity index (χ3v) is 1.84. The summed E-state index contributed by atoms with van der Waals surface area (Å²) >= 11 is 0. The van der Waals surface area contributed by atoms with Crippen LogP contribution in [0.25, 0.3) is 11.3 Å². The number of H-pyrrole nitrogens is 1. The second-order valence-corrected chi connectivity index (χ2v) is 2.84. The van der Waals surface area contributed by atoms with Gasteiger partial charge in [0.05, 0.1) is 0 Å². The molecule has 0 spiro atoms. The first-order valence-electron chi connectivity index (χ1n) is 3.96. The Morgan fingerprint density at radius 1 is 1.15 bits per heavy atom. The van der Waals surface area contributed by atoms with Gasteiger partial charge in [-0.25, -0.2) is 4.39 Å². The number of halogens is 1. The molecule has 3 N–H and O–H groups in total. The summed E-state index contributed by atoms with van der Waals surface area (Å²) in [5.74, 6) is 0.338. The molecule has 1 heterocycles. The highest BCUT2D eigenvalue weighted by molar-refractivity contribution is 5.62. The predicted molar refractivity (Wildman–Crippen MR) is 50.6 cm³/mol. The van der Waals surface area contributed by atoms with Gasteiger partial charge in [0, 0.05) is 11.3 Å². The molecule has 3 heteroatoms. The number of nitrogens with one attached hydrogen (secondary N) is 1. The van der Waals surface area contributed by atoms with Crippen LogP contribution < -0.4 is 5.73 Å². The third kappa shape index (κ3) is 1.54. The van der Waals surface area contributed by atoms with E-state index in [1.54, 1.807) is 12.1 Å². The highest BCUT2D eigenvalue weighted by Gasteiger charge is 2.00. The van der Waals surface area contributed by atoms with Crippen LogP contribution in [0, 0.1) is 5.82 Å². The van der Waals surface area contributed by atoms with Gasteiger partial charge < -0.3 is 10.7 Å². The standard InChI is InChI=1S/C10H9FN2/c11-8-3-1-2-7(6-8)9-4-5-10(12)13-9/h1-6,13H,12H2. The molecule has 0 saturated carbocycles. The van der Waals surface area contributed by atoms with Crippen molar-refractivity contribution in [2.45, 2.75) is 0 Å². The molecule has 0 aliphatic carbocycles. The Morgan fingerprint density at radius 3 is 2.62 bits per heavy atom. The molecule has 0 aliphatic rings. The summed E-state index contributed by atoms with van der Waals surface area (Å²) in [5.41, 5.74) is 7.14. The van der Waals surface area contributed by atoms with Gasteiger partial charge in [-0.2, -0.15) is 0 Å². The van der Waals surface area contributed by atoms with E-state index in [1.807, 2.05) is 12.1 Å². The Kier molecular flexibility index (Phi) is 1.77. The molecule has 66 valence electrons. The van der Waals surface area contributed by atoms with E-state index in [-0.39, 0.29) is 5.82 Å². The van der Waals surface area contributed by atoms with E-state index >= 15 is 0 Å². The van der Waals surface area contributed by atoms with Crippen LogP contribution in [-0.2, 0) is 0 Å². The maximum atomic E-state index is 12.8. The van der Waals surface area contributed by atoms with Crippen LogP contribution in [0.5, 0.6) is 0 Å². The van der Waals surface area contributed by atoms with Gasteiger partial charge in [-0.15, -0.1) is 0 Å². The fourth-order valence-electron chi connectivity index (χ4n) is 1.24. The molecule has 0 aliphatic heterocycles. The Bertz CT molecular complexity index is 420. The average molecular weight is 176 g/mol. The van der Waals surface area contributed by atoms with Crippen LogP contribution in [0.3, 0.4) is 0 Å². The number of aromatic nitrogens is 1. The van der Waals surface area contributed by atoms with Gasteiger partial charge in [0.2, 0.25) is 0 Å². The molecule has 0 atom stereocenters. The first-order valence-corrected chi connectivity index (χ1v) is 3.96. The topological polar surface area (TPSA) is 41.8 Å². The molecule has 0 bridgehead atoms. The highest BCUT2D eigenvalue weighted by atomic mass is 19.1. The number of benzene rings is 1. The van der Waals surface area contributed by atoms with E-state index in [1.165, 1.54) is 12.1 Å². The quantitative estimate of drug-likeness (QED) is 0.688. The lowest BCUT2D eigenvalue weighted by Gasteiger charge is -1.97. The summed E-state index contributed by atoms with van der Waals surface area (Å²) in [4.78, 5) is 2.93. The van der Waals surface area contributed by atoms with Gasteiger partial charge >= 0.3 is 0 Å². The van der Waals surface area contributed by atoms with Crippen LogP contribution in [0.15, 0.2) is 36.4 Å². The summed E-state index contributed by atoms with van der Waals surface area (Å²) in [5, 5.41) is 0. The van der Waals surface area contributed by atoms with Crippen LogP contribution in [0.2, 0.25) is 0 Å². The molecular weight excluding hydrogens is 167 g/mol. The number of aromatic amines is 1. The third-order valence-electron chi connectivity index (χ3n) is 1.84. The fourth-order valence-corrected chi connectivity index (χ4v) is 1.24. The van der Waals surface area contributed by atoms with Crippen LogP contribution in [0.1, 0.15) is 0 Å². The van der Waals surface area contributed by atoms with E-state index < -0.39 is 0 Å². The zero-order valence-corrected chi connectivity index (χ0v) is 6.92. The second kappa shape index (κ2) is 2.94. The maximum Gasteiger partial charge on any atom is 0.123 e. The lowest BCUT2D eigenvalue weighted by Crippen LogP contribution is -1.84. The summed E-state index contributed by atoms with van der Waals surface area (Å²) in [6.07, 6.45) is 0. The minimum atomic E-state index is -0.245. The van der Waals surface area contributed by atoms with Crippen LogP contribution in [0.4, 0.5) is 10.2 Å². The second-order valence-electron chi connectivity index (χ2n) is 2.84. The summed E-state index contributed by atoms with van der Waals surface area (Å²) in [6.45, 7) is 0. The molecule has 2 nitrogen and oxygen atoms in total. The van der Waals surface area contributed by atoms with Gasteiger partial charge in [-0.1, -0.05) is 12.1 Å². The van der Waals surface area contributed by atoms with Crippen molar-refractivity contribution >= 4 is 5.82 Å². The molecular formula is C10H9FN2. The minimum Gasteiger partial charge on any atom is -0.385 e. The van der Waals surface area contributed by atoms with E-state index in [4.69, 9.17) is 5.73 Å². The highest BCUT2D eigenvalue weighted by Crippen LogP contribution is 2.19. The number of nitrogens with two attached hydrogens (primary N) is 1.